The van der Waals surface area contributed by atoms with Crippen LogP contribution in [-0.4, -0.2) is 23.7 Å². The Morgan fingerprint density at radius 3 is 2.69 bits per heavy atom. The van der Waals surface area contributed by atoms with E-state index in [9.17, 15) is 4.79 Å². The van der Waals surface area contributed by atoms with E-state index in [-0.39, 0.29) is 18.6 Å². The van der Waals surface area contributed by atoms with E-state index in [2.05, 4.69) is 5.32 Å². The van der Waals surface area contributed by atoms with Gasteiger partial charge in [-0.25, -0.2) is 0 Å². The number of amides is 1. The number of benzene rings is 1. The summed E-state index contributed by atoms with van der Waals surface area (Å²) in [5.74, 6) is -0.223. The summed E-state index contributed by atoms with van der Waals surface area (Å²) in [6.45, 7) is 1.87. The van der Waals surface area contributed by atoms with E-state index in [1.54, 1.807) is 12.1 Å². The van der Waals surface area contributed by atoms with Crippen molar-refractivity contribution in [1.29, 1.82) is 0 Å². The second-order valence-corrected chi connectivity index (χ2v) is 4.33. The number of rotatable bonds is 4. The highest BCUT2D eigenvalue weighted by Gasteiger charge is 2.10. The van der Waals surface area contributed by atoms with E-state index in [1.807, 2.05) is 6.92 Å². The van der Waals surface area contributed by atoms with Gasteiger partial charge in [0.1, 0.15) is 0 Å². The van der Waals surface area contributed by atoms with Crippen LogP contribution in [0.2, 0.25) is 10.0 Å². The molecule has 0 spiro atoms. The fraction of sp³-hybridized carbons (Fsp3) is 0.364. The number of hydrogen-bond acceptors (Lipinski definition) is 2. The van der Waals surface area contributed by atoms with Crippen molar-refractivity contribution in [2.24, 2.45) is 0 Å². The molecular formula is C11H13Cl2NO2. The van der Waals surface area contributed by atoms with E-state index in [4.69, 9.17) is 28.3 Å². The Kier molecular flexibility index (Phi) is 5.06. The molecular weight excluding hydrogens is 249 g/mol. The molecule has 0 aromatic heterocycles. The third kappa shape index (κ3) is 3.67. The second-order valence-electron chi connectivity index (χ2n) is 3.52. The van der Waals surface area contributed by atoms with Crippen LogP contribution in [0, 0.1) is 0 Å². The van der Waals surface area contributed by atoms with Gasteiger partial charge >= 0.3 is 0 Å². The number of aliphatic hydroxyl groups excluding tert-OH is 1. The normalized spacial score (nSPS) is 12.2. The first-order valence-electron chi connectivity index (χ1n) is 4.91. The van der Waals surface area contributed by atoms with Crippen molar-refractivity contribution < 1.29 is 9.90 Å². The van der Waals surface area contributed by atoms with Crippen molar-refractivity contribution in [2.45, 2.75) is 19.4 Å². The topological polar surface area (TPSA) is 49.3 Å². The summed E-state index contributed by atoms with van der Waals surface area (Å²) in [6.07, 6.45) is 0.521. The summed E-state index contributed by atoms with van der Waals surface area (Å²) in [5.41, 5.74) is 0.458. The number of aliphatic hydroxyl groups is 1. The fourth-order valence-electron chi connectivity index (χ4n) is 1.21. The monoisotopic (exact) mass is 261 g/mol. The van der Waals surface area contributed by atoms with Crippen LogP contribution < -0.4 is 5.32 Å². The highest BCUT2D eigenvalue weighted by atomic mass is 35.5. The molecule has 5 heteroatoms. The van der Waals surface area contributed by atoms with Crippen LogP contribution in [0.4, 0.5) is 0 Å². The Morgan fingerprint density at radius 2 is 2.12 bits per heavy atom. The van der Waals surface area contributed by atoms with Crippen molar-refractivity contribution in [3.63, 3.8) is 0 Å². The largest absolute Gasteiger partial charge is 0.396 e. The van der Waals surface area contributed by atoms with E-state index in [1.165, 1.54) is 6.07 Å². The highest BCUT2D eigenvalue weighted by Crippen LogP contribution is 2.22. The summed E-state index contributed by atoms with van der Waals surface area (Å²) in [6, 6.07) is 4.63. The summed E-state index contributed by atoms with van der Waals surface area (Å²) in [5, 5.41) is 12.2. The van der Waals surface area contributed by atoms with Gasteiger partial charge in [-0.15, -0.1) is 0 Å². The average molecular weight is 262 g/mol. The number of carbonyl (C=O) groups is 1. The van der Waals surface area contributed by atoms with Crippen LogP contribution in [0.5, 0.6) is 0 Å². The quantitative estimate of drug-likeness (QED) is 0.875. The molecule has 0 aliphatic carbocycles. The van der Waals surface area contributed by atoms with Gasteiger partial charge in [-0.05, 0) is 31.5 Å². The third-order valence-corrected chi connectivity index (χ3v) is 2.86. The predicted octanol–water partition coefficient (Wildman–Crippen LogP) is 2.49. The lowest BCUT2D eigenvalue weighted by atomic mass is 10.2. The first-order valence-corrected chi connectivity index (χ1v) is 5.67. The van der Waals surface area contributed by atoms with Crippen molar-refractivity contribution in [1.82, 2.24) is 5.32 Å². The van der Waals surface area contributed by atoms with E-state index in [0.717, 1.165) is 0 Å². The minimum absolute atomic E-state index is 0.0445. The first kappa shape index (κ1) is 13.3. The fourth-order valence-corrected chi connectivity index (χ4v) is 1.51. The second kappa shape index (κ2) is 6.09. The van der Waals surface area contributed by atoms with E-state index < -0.39 is 0 Å². The molecule has 0 heterocycles. The molecule has 0 saturated carbocycles. The number of nitrogens with one attached hydrogen (secondary N) is 1. The smallest absolute Gasteiger partial charge is 0.251 e. The molecule has 0 radical (unpaired) electrons. The molecule has 0 saturated heterocycles. The summed E-state index contributed by atoms with van der Waals surface area (Å²) >= 11 is 11.5. The zero-order valence-corrected chi connectivity index (χ0v) is 10.3. The number of carbonyl (C=O) groups excluding carboxylic acids is 1. The van der Waals surface area contributed by atoms with Gasteiger partial charge in [0, 0.05) is 18.2 Å². The zero-order valence-electron chi connectivity index (χ0n) is 8.84. The van der Waals surface area contributed by atoms with Crippen LogP contribution in [0.1, 0.15) is 23.7 Å². The minimum Gasteiger partial charge on any atom is -0.396 e. The summed E-state index contributed by atoms with van der Waals surface area (Å²) < 4.78 is 0. The van der Waals surface area contributed by atoms with Crippen molar-refractivity contribution in [2.75, 3.05) is 6.61 Å². The van der Waals surface area contributed by atoms with Gasteiger partial charge in [-0.2, -0.15) is 0 Å². The van der Waals surface area contributed by atoms with Crippen LogP contribution >= 0.6 is 23.2 Å². The molecule has 0 aliphatic rings. The van der Waals surface area contributed by atoms with Crippen LogP contribution in [0.15, 0.2) is 18.2 Å². The molecule has 1 aromatic rings. The van der Waals surface area contributed by atoms with Gasteiger partial charge < -0.3 is 10.4 Å². The zero-order chi connectivity index (χ0) is 12.1. The predicted molar refractivity (Wildman–Crippen MR) is 65.1 cm³/mol. The SMILES string of the molecule is C[C@H](CCO)NC(=O)c1ccc(Cl)c(Cl)c1. The van der Waals surface area contributed by atoms with Crippen LogP contribution in [0.3, 0.4) is 0 Å². The molecule has 3 nitrogen and oxygen atoms in total. The molecule has 1 aromatic carbocycles. The van der Waals surface area contributed by atoms with Gasteiger partial charge in [0.25, 0.3) is 5.91 Å². The molecule has 0 fully saturated rings. The van der Waals surface area contributed by atoms with Crippen LogP contribution in [0.25, 0.3) is 0 Å². The average Bonchev–Trinajstić information content (AvgIpc) is 2.22. The molecule has 0 aliphatic heterocycles. The molecule has 1 rings (SSSR count). The van der Waals surface area contributed by atoms with E-state index >= 15 is 0 Å². The van der Waals surface area contributed by atoms with Crippen molar-refractivity contribution in [3.05, 3.63) is 33.8 Å². The molecule has 1 amide bonds. The lowest BCUT2D eigenvalue weighted by Gasteiger charge is -2.12. The first-order chi connectivity index (χ1) is 7.54. The Hall–Kier alpha value is -0.770. The molecule has 2 N–H and O–H groups in total. The summed E-state index contributed by atoms with van der Waals surface area (Å²) in [7, 11) is 0. The Bertz CT molecular complexity index is 382. The maximum Gasteiger partial charge on any atom is 0.251 e. The number of halogens is 2. The van der Waals surface area contributed by atoms with Crippen molar-refractivity contribution >= 4 is 29.1 Å². The van der Waals surface area contributed by atoms with Gasteiger partial charge in [-0.3, -0.25) is 4.79 Å². The highest BCUT2D eigenvalue weighted by molar-refractivity contribution is 6.42. The molecule has 0 unspecified atom stereocenters. The molecule has 1 atom stereocenters. The van der Waals surface area contributed by atoms with E-state index in [0.29, 0.717) is 22.0 Å². The Labute approximate surface area is 104 Å². The maximum absolute atomic E-state index is 11.7. The Balaban J connectivity index is 2.69. The van der Waals surface area contributed by atoms with Gasteiger partial charge in [0.05, 0.1) is 10.0 Å². The molecule has 88 valence electrons. The molecule has 0 bridgehead atoms. The standard InChI is InChI=1S/C11H13Cl2NO2/c1-7(4-5-15)14-11(16)8-2-3-9(12)10(13)6-8/h2-3,6-7,15H,4-5H2,1H3,(H,14,16)/t7-/m1/s1. The van der Waals surface area contributed by atoms with Crippen molar-refractivity contribution in [3.8, 4) is 0 Å². The van der Waals surface area contributed by atoms with Gasteiger partial charge in [-0.1, -0.05) is 23.2 Å². The maximum atomic E-state index is 11.7. The van der Waals surface area contributed by atoms with Crippen LogP contribution in [-0.2, 0) is 0 Å². The molecule has 16 heavy (non-hydrogen) atoms. The Morgan fingerprint density at radius 1 is 1.44 bits per heavy atom. The minimum atomic E-state index is -0.223. The number of hydrogen-bond donors (Lipinski definition) is 2. The lowest BCUT2D eigenvalue weighted by Crippen LogP contribution is -2.33. The lowest BCUT2D eigenvalue weighted by molar-refractivity contribution is 0.0934. The van der Waals surface area contributed by atoms with Gasteiger partial charge in [0.2, 0.25) is 0 Å². The summed E-state index contributed by atoms with van der Waals surface area (Å²) in [4.78, 5) is 11.7. The third-order valence-electron chi connectivity index (χ3n) is 2.12. The van der Waals surface area contributed by atoms with Gasteiger partial charge in [0.15, 0.2) is 0 Å².